The molecule has 4 rings (SSSR count). The Labute approximate surface area is 194 Å². The molecule has 34 heavy (non-hydrogen) atoms. The molecule has 0 fully saturated rings. The van der Waals surface area contributed by atoms with Crippen molar-refractivity contribution < 1.29 is 18.0 Å². The highest BCUT2D eigenvalue weighted by atomic mass is 19.4. The molecule has 0 bridgehead atoms. The molecule has 0 aliphatic carbocycles. The predicted octanol–water partition coefficient (Wildman–Crippen LogP) is 3.47. The number of hydrogen-bond acceptors (Lipinski definition) is 7. The van der Waals surface area contributed by atoms with E-state index in [1.807, 2.05) is 32.7 Å². The van der Waals surface area contributed by atoms with E-state index in [2.05, 4.69) is 30.7 Å². The van der Waals surface area contributed by atoms with Gasteiger partial charge in [-0.3, -0.25) is 14.5 Å². The lowest BCUT2D eigenvalue weighted by atomic mass is 9.99. The monoisotopic (exact) mass is 474 g/mol. The van der Waals surface area contributed by atoms with Crippen molar-refractivity contribution in [3.05, 3.63) is 53.2 Å². The fourth-order valence-corrected chi connectivity index (χ4v) is 3.91. The lowest BCUT2D eigenvalue weighted by Crippen LogP contribution is -2.49. The third kappa shape index (κ3) is 4.80. The average Bonchev–Trinajstić information content (AvgIpc) is 3.20. The molecule has 0 aromatic carbocycles. The zero-order chi connectivity index (χ0) is 24.6. The molecule has 1 atom stereocenters. The molecular weight excluding hydrogens is 449 g/mol. The summed E-state index contributed by atoms with van der Waals surface area (Å²) in [4.78, 5) is 27.3. The molecule has 1 unspecified atom stereocenters. The molecule has 12 heteroatoms. The molecule has 9 nitrogen and oxygen atoms in total. The molecule has 0 saturated carbocycles. The van der Waals surface area contributed by atoms with Crippen molar-refractivity contribution in [2.45, 2.75) is 46.1 Å². The molecule has 0 spiro atoms. The quantitative estimate of drug-likeness (QED) is 0.564. The van der Waals surface area contributed by atoms with E-state index in [1.54, 1.807) is 17.1 Å². The maximum Gasteiger partial charge on any atom is 0.417 e. The number of likely N-dealkylation sites (N-methyl/N-ethyl adjacent to an activating group) is 1. The maximum absolute atomic E-state index is 12.7. The second kappa shape index (κ2) is 8.92. The van der Waals surface area contributed by atoms with Crippen LogP contribution in [0.4, 0.5) is 30.6 Å². The van der Waals surface area contributed by atoms with Gasteiger partial charge in [0.2, 0.25) is 11.9 Å². The van der Waals surface area contributed by atoms with Crippen LogP contribution >= 0.6 is 0 Å². The van der Waals surface area contributed by atoms with E-state index in [1.165, 1.54) is 6.07 Å². The zero-order valence-corrected chi connectivity index (χ0v) is 19.2. The van der Waals surface area contributed by atoms with Crippen LogP contribution in [0.1, 0.15) is 36.4 Å². The fraction of sp³-hybridized carbons (Fsp3) is 0.409. The number of anilines is 3. The standard InChI is InChI=1S/C22H25F3N8O/c1-12(2)18-20(34)30-17-13(3)29-21(31-19(17)32(18)4)27-7-14-8-28-33(10-14)11-16-6-5-15(9-26-16)22(23,24)25/h5-6,8-10,12,18H,7,11H2,1-4H3,(H,30,34)(H,27,29,31). The number of halogens is 3. The van der Waals surface area contributed by atoms with E-state index in [0.717, 1.165) is 17.8 Å². The second-order valence-corrected chi connectivity index (χ2v) is 8.56. The molecule has 180 valence electrons. The molecule has 2 N–H and O–H groups in total. The van der Waals surface area contributed by atoms with Crippen LogP contribution in [0.15, 0.2) is 30.7 Å². The Kier molecular flexibility index (Phi) is 6.15. The van der Waals surface area contributed by atoms with Gasteiger partial charge in [0.05, 0.1) is 29.7 Å². The van der Waals surface area contributed by atoms with Crippen LogP contribution < -0.4 is 15.5 Å². The minimum absolute atomic E-state index is 0.0765. The Hall–Kier alpha value is -3.70. The summed E-state index contributed by atoms with van der Waals surface area (Å²) in [6.45, 7) is 6.41. The fourth-order valence-electron chi connectivity index (χ4n) is 3.91. The van der Waals surface area contributed by atoms with Gasteiger partial charge in [-0.05, 0) is 25.0 Å². The number of aryl methyl sites for hydroxylation is 1. The maximum atomic E-state index is 12.7. The van der Waals surface area contributed by atoms with E-state index in [9.17, 15) is 18.0 Å². The number of hydrogen-bond donors (Lipinski definition) is 2. The SMILES string of the molecule is Cc1nc(NCc2cnn(Cc3ccc(C(F)(F)F)cn3)c2)nc2c1NC(=O)C(C(C)C)N2C. The van der Waals surface area contributed by atoms with E-state index in [-0.39, 0.29) is 24.4 Å². The summed E-state index contributed by atoms with van der Waals surface area (Å²) in [7, 11) is 1.85. The van der Waals surface area contributed by atoms with Gasteiger partial charge in [-0.15, -0.1) is 0 Å². The number of alkyl halides is 3. The van der Waals surface area contributed by atoms with Crippen LogP contribution in [-0.2, 0) is 24.1 Å². The first-order chi connectivity index (χ1) is 16.0. The summed E-state index contributed by atoms with van der Waals surface area (Å²) >= 11 is 0. The number of nitrogens with zero attached hydrogens (tertiary/aromatic N) is 6. The van der Waals surface area contributed by atoms with Crippen molar-refractivity contribution in [2.24, 2.45) is 5.92 Å². The molecule has 0 radical (unpaired) electrons. The molecule has 4 heterocycles. The Morgan fingerprint density at radius 1 is 1.21 bits per heavy atom. The smallest absolute Gasteiger partial charge is 0.350 e. The minimum atomic E-state index is -4.41. The van der Waals surface area contributed by atoms with Crippen molar-refractivity contribution >= 4 is 23.4 Å². The van der Waals surface area contributed by atoms with Crippen molar-refractivity contribution in [3.8, 4) is 0 Å². The first-order valence-electron chi connectivity index (χ1n) is 10.7. The Morgan fingerprint density at radius 3 is 2.62 bits per heavy atom. The van der Waals surface area contributed by atoms with Gasteiger partial charge in [0.15, 0.2) is 5.82 Å². The number of amides is 1. The summed E-state index contributed by atoms with van der Waals surface area (Å²) in [5.41, 5.74) is 1.78. The Morgan fingerprint density at radius 2 is 1.97 bits per heavy atom. The molecule has 1 amide bonds. The summed E-state index contributed by atoms with van der Waals surface area (Å²) in [5.74, 6) is 1.10. The van der Waals surface area contributed by atoms with Crippen molar-refractivity contribution in [1.29, 1.82) is 0 Å². The number of nitrogens with one attached hydrogen (secondary N) is 2. The molecule has 0 saturated heterocycles. The molecular formula is C22H25F3N8O. The van der Waals surface area contributed by atoms with E-state index >= 15 is 0 Å². The van der Waals surface area contributed by atoms with Gasteiger partial charge in [-0.2, -0.15) is 23.3 Å². The van der Waals surface area contributed by atoms with Gasteiger partial charge in [-0.1, -0.05) is 13.8 Å². The first kappa shape index (κ1) is 23.5. The predicted molar refractivity (Wildman–Crippen MR) is 120 cm³/mol. The van der Waals surface area contributed by atoms with E-state index < -0.39 is 11.7 Å². The van der Waals surface area contributed by atoms with Crippen LogP contribution in [-0.4, -0.2) is 43.7 Å². The largest absolute Gasteiger partial charge is 0.417 e. The molecule has 1 aliphatic rings. The van der Waals surface area contributed by atoms with E-state index in [4.69, 9.17) is 0 Å². The van der Waals surface area contributed by atoms with Crippen LogP contribution in [0, 0.1) is 12.8 Å². The van der Waals surface area contributed by atoms with Crippen LogP contribution in [0.3, 0.4) is 0 Å². The van der Waals surface area contributed by atoms with Crippen LogP contribution in [0.5, 0.6) is 0 Å². The van der Waals surface area contributed by atoms with Crippen molar-refractivity contribution in [2.75, 3.05) is 22.6 Å². The first-order valence-corrected chi connectivity index (χ1v) is 10.7. The summed E-state index contributed by atoms with van der Waals surface area (Å²) < 4.78 is 39.7. The number of aromatic nitrogens is 5. The number of rotatable bonds is 6. The number of pyridine rings is 1. The van der Waals surface area contributed by atoms with Gasteiger partial charge in [-0.25, -0.2) is 4.98 Å². The second-order valence-electron chi connectivity index (χ2n) is 8.56. The zero-order valence-electron chi connectivity index (χ0n) is 19.2. The van der Waals surface area contributed by atoms with Crippen LogP contribution in [0.25, 0.3) is 0 Å². The highest BCUT2D eigenvalue weighted by Crippen LogP contribution is 2.34. The van der Waals surface area contributed by atoms with Gasteiger partial charge >= 0.3 is 6.18 Å². The number of carbonyl (C=O) groups is 1. The van der Waals surface area contributed by atoms with Gasteiger partial charge < -0.3 is 15.5 Å². The molecule has 3 aromatic rings. The lowest BCUT2D eigenvalue weighted by molar-refractivity contribution is -0.137. The third-order valence-electron chi connectivity index (χ3n) is 5.58. The summed E-state index contributed by atoms with van der Waals surface area (Å²) in [5, 5.41) is 10.3. The highest BCUT2D eigenvalue weighted by molar-refractivity contribution is 6.03. The van der Waals surface area contributed by atoms with Crippen molar-refractivity contribution in [1.82, 2.24) is 24.7 Å². The van der Waals surface area contributed by atoms with Gasteiger partial charge in [0, 0.05) is 31.5 Å². The summed E-state index contributed by atoms with van der Waals surface area (Å²) in [6.07, 6.45) is -0.161. The van der Waals surface area contributed by atoms with Crippen LogP contribution in [0.2, 0.25) is 0 Å². The summed E-state index contributed by atoms with van der Waals surface area (Å²) in [6, 6.07) is 2.02. The topological polar surface area (TPSA) is 101 Å². The lowest BCUT2D eigenvalue weighted by Gasteiger charge is -2.36. The number of carbonyl (C=O) groups excluding carboxylic acids is 1. The Balaban J connectivity index is 1.43. The van der Waals surface area contributed by atoms with Gasteiger partial charge in [0.1, 0.15) is 11.7 Å². The average molecular weight is 474 g/mol. The molecule has 3 aromatic heterocycles. The van der Waals surface area contributed by atoms with E-state index in [0.29, 0.717) is 35.4 Å². The molecule has 1 aliphatic heterocycles. The minimum Gasteiger partial charge on any atom is -0.350 e. The Bertz CT molecular complexity index is 1190. The van der Waals surface area contributed by atoms with Gasteiger partial charge in [0.25, 0.3) is 0 Å². The number of fused-ring (bicyclic) bond motifs is 1. The normalized spacial score (nSPS) is 15.9. The highest BCUT2D eigenvalue weighted by Gasteiger charge is 2.35. The van der Waals surface area contributed by atoms with Crippen molar-refractivity contribution in [3.63, 3.8) is 0 Å². The third-order valence-corrected chi connectivity index (χ3v) is 5.58.